The SMILES string of the molecule is Nc1nnc(-c2ccc3c(c2)C(c2nccc(Oc4ccccc4)n2)=CC3)o1. The highest BCUT2D eigenvalue weighted by Gasteiger charge is 2.20. The van der Waals surface area contributed by atoms with Crippen molar-refractivity contribution in [2.45, 2.75) is 6.42 Å². The van der Waals surface area contributed by atoms with E-state index in [4.69, 9.17) is 14.9 Å². The van der Waals surface area contributed by atoms with Crippen LogP contribution in [-0.4, -0.2) is 20.2 Å². The summed E-state index contributed by atoms with van der Waals surface area (Å²) in [5.41, 5.74) is 9.51. The molecule has 0 saturated heterocycles. The van der Waals surface area contributed by atoms with Gasteiger partial charge in [-0.3, -0.25) is 0 Å². The van der Waals surface area contributed by atoms with E-state index in [1.54, 1.807) is 12.3 Å². The highest BCUT2D eigenvalue weighted by atomic mass is 16.5. The molecule has 28 heavy (non-hydrogen) atoms. The van der Waals surface area contributed by atoms with Gasteiger partial charge in [0, 0.05) is 23.4 Å². The Morgan fingerprint density at radius 1 is 1.00 bits per heavy atom. The van der Waals surface area contributed by atoms with Crippen LogP contribution >= 0.6 is 0 Å². The van der Waals surface area contributed by atoms with Gasteiger partial charge in [-0.1, -0.05) is 35.4 Å². The minimum Gasteiger partial charge on any atom is -0.439 e. The molecule has 0 saturated carbocycles. The van der Waals surface area contributed by atoms with E-state index in [0.29, 0.717) is 17.6 Å². The zero-order chi connectivity index (χ0) is 18.9. The van der Waals surface area contributed by atoms with Crippen molar-refractivity contribution in [2.24, 2.45) is 0 Å². The Morgan fingerprint density at radius 2 is 1.89 bits per heavy atom. The minimum absolute atomic E-state index is 0.0420. The van der Waals surface area contributed by atoms with Gasteiger partial charge in [-0.25, -0.2) is 4.98 Å². The average Bonchev–Trinajstić information content (AvgIpc) is 3.35. The number of allylic oxidation sites excluding steroid dienone is 1. The summed E-state index contributed by atoms with van der Waals surface area (Å²) in [6, 6.07) is 17.3. The summed E-state index contributed by atoms with van der Waals surface area (Å²) in [6.45, 7) is 0. The van der Waals surface area contributed by atoms with E-state index in [-0.39, 0.29) is 6.01 Å². The van der Waals surface area contributed by atoms with Crippen molar-refractivity contribution in [3.05, 3.63) is 83.8 Å². The van der Waals surface area contributed by atoms with E-state index >= 15 is 0 Å². The van der Waals surface area contributed by atoms with E-state index in [1.807, 2.05) is 48.5 Å². The maximum atomic E-state index is 5.84. The van der Waals surface area contributed by atoms with Crippen LogP contribution in [0.5, 0.6) is 11.6 Å². The second kappa shape index (κ2) is 6.62. The molecule has 0 atom stereocenters. The quantitative estimate of drug-likeness (QED) is 0.582. The molecular weight excluding hydrogens is 354 g/mol. The molecule has 2 heterocycles. The number of nitrogen functional groups attached to an aromatic ring is 1. The molecule has 7 nitrogen and oxygen atoms in total. The van der Waals surface area contributed by atoms with E-state index < -0.39 is 0 Å². The standard InChI is InChI=1S/C21H15N5O2/c22-21-26-25-20(28-21)14-7-6-13-8-9-16(17(13)12-14)19-23-11-10-18(24-19)27-15-4-2-1-3-5-15/h1-7,9-12H,8H2,(H2,22,26). The third kappa shape index (κ3) is 2.99. The number of ether oxygens (including phenoxy) is 1. The van der Waals surface area contributed by atoms with Crippen molar-refractivity contribution in [1.82, 2.24) is 20.2 Å². The van der Waals surface area contributed by atoms with Gasteiger partial charge >= 0.3 is 6.01 Å². The number of fused-ring (bicyclic) bond motifs is 1. The summed E-state index contributed by atoms with van der Waals surface area (Å²) in [7, 11) is 0. The fourth-order valence-electron chi connectivity index (χ4n) is 3.16. The van der Waals surface area contributed by atoms with Gasteiger partial charge in [-0.05, 0) is 41.8 Å². The van der Waals surface area contributed by atoms with Crippen LogP contribution < -0.4 is 10.5 Å². The summed E-state index contributed by atoms with van der Waals surface area (Å²) < 4.78 is 11.2. The third-order valence-electron chi connectivity index (χ3n) is 4.45. The first kappa shape index (κ1) is 16.2. The molecule has 1 aliphatic rings. The summed E-state index contributed by atoms with van der Waals surface area (Å²) in [6.07, 6.45) is 4.62. The van der Waals surface area contributed by atoms with Crippen molar-refractivity contribution in [3.8, 4) is 23.1 Å². The van der Waals surface area contributed by atoms with Crippen LogP contribution in [0.15, 0.2) is 71.3 Å². The van der Waals surface area contributed by atoms with Crippen LogP contribution in [0.2, 0.25) is 0 Å². The molecule has 0 fully saturated rings. The number of nitrogens with zero attached hydrogens (tertiary/aromatic N) is 4. The van der Waals surface area contributed by atoms with Crippen molar-refractivity contribution in [1.29, 1.82) is 0 Å². The Labute approximate surface area is 160 Å². The van der Waals surface area contributed by atoms with Gasteiger partial charge < -0.3 is 14.9 Å². The lowest BCUT2D eigenvalue weighted by atomic mass is 10.0. The van der Waals surface area contributed by atoms with Crippen LogP contribution in [0.4, 0.5) is 6.01 Å². The first-order chi connectivity index (χ1) is 13.8. The zero-order valence-electron chi connectivity index (χ0n) is 14.7. The molecule has 5 rings (SSSR count). The largest absolute Gasteiger partial charge is 0.439 e. The van der Waals surface area contributed by atoms with Gasteiger partial charge in [0.2, 0.25) is 11.8 Å². The van der Waals surface area contributed by atoms with Gasteiger partial charge in [-0.15, -0.1) is 5.10 Å². The van der Waals surface area contributed by atoms with Crippen molar-refractivity contribution >= 4 is 11.6 Å². The smallest absolute Gasteiger partial charge is 0.313 e. The predicted octanol–water partition coefficient (Wildman–Crippen LogP) is 3.89. The Hall–Kier alpha value is -4.00. The first-order valence-electron chi connectivity index (χ1n) is 8.75. The van der Waals surface area contributed by atoms with Gasteiger partial charge in [0.05, 0.1) is 0 Å². The second-order valence-corrected chi connectivity index (χ2v) is 6.27. The monoisotopic (exact) mass is 369 g/mol. The molecule has 0 bridgehead atoms. The number of hydrogen-bond donors (Lipinski definition) is 1. The van der Waals surface area contributed by atoms with Crippen molar-refractivity contribution < 1.29 is 9.15 Å². The van der Waals surface area contributed by atoms with Crippen LogP contribution in [-0.2, 0) is 6.42 Å². The van der Waals surface area contributed by atoms with Gasteiger partial charge in [0.1, 0.15) is 5.75 Å². The number of hydrogen-bond acceptors (Lipinski definition) is 7. The summed E-state index contributed by atoms with van der Waals surface area (Å²) >= 11 is 0. The highest BCUT2D eigenvalue weighted by Crippen LogP contribution is 2.34. The number of benzene rings is 2. The second-order valence-electron chi connectivity index (χ2n) is 6.27. The predicted molar refractivity (Wildman–Crippen MR) is 103 cm³/mol. The topological polar surface area (TPSA) is 100.0 Å². The maximum absolute atomic E-state index is 5.84. The number of aromatic nitrogens is 4. The Kier molecular flexibility index (Phi) is 3.83. The van der Waals surface area contributed by atoms with Gasteiger partial charge in [-0.2, -0.15) is 4.98 Å². The van der Waals surface area contributed by atoms with E-state index in [0.717, 1.165) is 28.9 Å². The Balaban J connectivity index is 1.48. The zero-order valence-corrected chi connectivity index (χ0v) is 14.7. The molecule has 0 aliphatic heterocycles. The number of para-hydroxylation sites is 1. The summed E-state index contributed by atoms with van der Waals surface area (Å²) in [5.74, 6) is 2.21. The molecule has 1 aliphatic carbocycles. The van der Waals surface area contributed by atoms with Crippen LogP contribution in [0.1, 0.15) is 17.0 Å². The average molecular weight is 369 g/mol. The van der Waals surface area contributed by atoms with Crippen LogP contribution in [0, 0.1) is 0 Å². The van der Waals surface area contributed by atoms with E-state index in [1.165, 1.54) is 5.56 Å². The number of nitrogens with two attached hydrogens (primary N) is 1. The molecule has 7 heteroatoms. The molecule has 2 N–H and O–H groups in total. The van der Waals surface area contributed by atoms with Crippen LogP contribution in [0.3, 0.4) is 0 Å². The molecule has 0 radical (unpaired) electrons. The number of rotatable bonds is 4. The Bertz CT molecular complexity index is 1180. The Morgan fingerprint density at radius 3 is 2.71 bits per heavy atom. The molecule has 0 unspecified atom stereocenters. The molecular formula is C21H15N5O2. The maximum Gasteiger partial charge on any atom is 0.313 e. The number of anilines is 1. The lowest BCUT2D eigenvalue weighted by molar-refractivity contribution is 0.461. The highest BCUT2D eigenvalue weighted by molar-refractivity contribution is 5.83. The first-order valence-corrected chi connectivity index (χ1v) is 8.75. The molecule has 0 amide bonds. The summed E-state index contributed by atoms with van der Waals surface area (Å²) in [4.78, 5) is 9.02. The van der Waals surface area contributed by atoms with Gasteiger partial charge in [0.15, 0.2) is 5.82 Å². The van der Waals surface area contributed by atoms with Crippen molar-refractivity contribution in [3.63, 3.8) is 0 Å². The molecule has 2 aromatic carbocycles. The fourth-order valence-corrected chi connectivity index (χ4v) is 3.16. The summed E-state index contributed by atoms with van der Waals surface area (Å²) in [5, 5.41) is 7.68. The van der Waals surface area contributed by atoms with Gasteiger partial charge in [0.25, 0.3) is 0 Å². The lowest BCUT2D eigenvalue weighted by Crippen LogP contribution is -1.97. The molecule has 2 aromatic heterocycles. The van der Waals surface area contributed by atoms with Crippen molar-refractivity contribution in [2.75, 3.05) is 5.73 Å². The molecule has 136 valence electrons. The van der Waals surface area contributed by atoms with E-state index in [9.17, 15) is 0 Å². The normalized spacial score (nSPS) is 12.5. The fraction of sp³-hybridized carbons (Fsp3) is 0.0476. The lowest BCUT2D eigenvalue weighted by Gasteiger charge is -2.08. The molecule has 4 aromatic rings. The van der Waals surface area contributed by atoms with Crippen LogP contribution in [0.25, 0.3) is 17.0 Å². The van der Waals surface area contributed by atoms with E-state index in [2.05, 4.69) is 26.2 Å². The third-order valence-corrected chi connectivity index (χ3v) is 4.45. The minimum atomic E-state index is 0.0420. The molecule has 0 spiro atoms.